The van der Waals surface area contributed by atoms with Gasteiger partial charge in [-0.2, -0.15) is 0 Å². The Labute approximate surface area is 112 Å². The molecule has 0 bridgehead atoms. The van der Waals surface area contributed by atoms with Gasteiger partial charge in [0.1, 0.15) is 11.1 Å². The Hall–Kier alpha value is -2.04. The third-order valence-electron chi connectivity index (χ3n) is 2.35. The van der Waals surface area contributed by atoms with Crippen molar-refractivity contribution in [1.29, 1.82) is 0 Å². The summed E-state index contributed by atoms with van der Waals surface area (Å²) >= 11 is 0. The lowest BCUT2D eigenvalue weighted by molar-refractivity contribution is 0.0528. The van der Waals surface area contributed by atoms with Crippen LogP contribution in [0, 0.1) is 0 Å². The summed E-state index contributed by atoms with van der Waals surface area (Å²) in [6, 6.07) is 7.57. The van der Waals surface area contributed by atoms with Gasteiger partial charge in [0.15, 0.2) is 11.5 Å². The zero-order valence-corrected chi connectivity index (χ0v) is 11.4. The summed E-state index contributed by atoms with van der Waals surface area (Å²) in [6.07, 6.45) is 0.108. The van der Waals surface area contributed by atoms with Gasteiger partial charge in [-0.3, -0.25) is 0 Å². The summed E-state index contributed by atoms with van der Waals surface area (Å²) in [5.74, 6) is 0.609. The number of hydrogen-bond acceptors (Lipinski definition) is 4. The number of nitrogens with one attached hydrogen (secondary N) is 1. The van der Waals surface area contributed by atoms with Crippen molar-refractivity contribution in [3.8, 4) is 0 Å². The number of oxazole rings is 1. The highest BCUT2D eigenvalue weighted by atomic mass is 16.6. The molecule has 2 rings (SSSR count). The highest BCUT2D eigenvalue weighted by Gasteiger charge is 2.15. The second-order valence-electron chi connectivity index (χ2n) is 5.25. The van der Waals surface area contributed by atoms with Gasteiger partial charge in [-0.25, -0.2) is 9.78 Å². The van der Waals surface area contributed by atoms with Gasteiger partial charge in [0.25, 0.3) is 0 Å². The van der Waals surface area contributed by atoms with Crippen molar-refractivity contribution in [3.63, 3.8) is 0 Å². The van der Waals surface area contributed by atoms with E-state index in [-0.39, 0.29) is 0 Å². The molecule has 0 aliphatic heterocycles. The SMILES string of the molecule is CC(C)(C)OC(=O)NCCc1nc2ccccc2o1. The fourth-order valence-corrected chi connectivity index (χ4v) is 1.61. The van der Waals surface area contributed by atoms with Crippen molar-refractivity contribution < 1.29 is 13.9 Å². The van der Waals surface area contributed by atoms with E-state index in [4.69, 9.17) is 9.15 Å². The molecule has 0 aliphatic rings. The van der Waals surface area contributed by atoms with Crippen LogP contribution in [0.5, 0.6) is 0 Å². The van der Waals surface area contributed by atoms with E-state index in [1.807, 2.05) is 45.0 Å². The van der Waals surface area contributed by atoms with Crippen molar-refractivity contribution in [1.82, 2.24) is 10.3 Å². The number of ether oxygens (including phenoxy) is 1. The Morgan fingerprint density at radius 2 is 2.11 bits per heavy atom. The third-order valence-corrected chi connectivity index (χ3v) is 2.35. The van der Waals surface area contributed by atoms with Crippen LogP contribution in [0.2, 0.25) is 0 Å². The van der Waals surface area contributed by atoms with E-state index < -0.39 is 11.7 Å². The number of aromatic nitrogens is 1. The van der Waals surface area contributed by atoms with Gasteiger partial charge < -0.3 is 14.5 Å². The molecule has 0 spiro atoms. The monoisotopic (exact) mass is 262 g/mol. The van der Waals surface area contributed by atoms with Crippen LogP contribution in [0.3, 0.4) is 0 Å². The molecule has 5 nitrogen and oxygen atoms in total. The summed E-state index contributed by atoms with van der Waals surface area (Å²) < 4.78 is 10.7. The number of benzene rings is 1. The Morgan fingerprint density at radius 3 is 2.79 bits per heavy atom. The van der Waals surface area contributed by atoms with Crippen LogP contribution in [-0.2, 0) is 11.2 Å². The predicted octanol–water partition coefficient (Wildman–Crippen LogP) is 2.90. The molecule has 1 amide bonds. The van der Waals surface area contributed by atoms with E-state index in [1.54, 1.807) is 0 Å². The standard InChI is InChI=1S/C14H18N2O3/c1-14(2,3)19-13(17)15-9-8-12-16-10-6-4-5-7-11(10)18-12/h4-7H,8-9H2,1-3H3,(H,15,17). The Bertz CT molecular complexity index is 536. The number of carbonyl (C=O) groups is 1. The van der Waals surface area contributed by atoms with E-state index in [0.29, 0.717) is 18.9 Å². The third kappa shape index (κ3) is 3.98. The van der Waals surface area contributed by atoms with E-state index >= 15 is 0 Å². The molecule has 0 saturated heterocycles. The normalized spacial score (nSPS) is 11.5. The minimum absolute atomic E-state index is 0.427. The number of para-hydroxylation sites is 2. The van der Waals surface area contributed by atoms with Crippen LogP contribution < -0.4 is 5.32 Å². The van der Waals surface area contributed by atoms with Gasteiger partial charge in [-0.05, 0) is 32.9 Å². The zero-order valence-electron chi connectivity index (χ0n) is 11.4. The van der Waals surface area contributed by atoms with Crippen LogP contribution in [0.25, 0.3) is 11.1 Å². The summed E-state index contributed by atoms with van der Waals surface area (Å²) in [4.78, 5) is 15.8. The van der Waals surface area contributed by atoms with E-state index in [9.17, 15) is 4.79 Å². The largest absolute Gasteiger partial charge is 0.444 e. The average Bonchev–Trinajstić information content (AvgIpc) is 2.68. The lowest BCUT2D eigenvalue weighted by atomic mass is 10.2. The van der Waals surface area contributed by atoms with Crippen molar-refractivity contribution in [2.24, 2.45) is 0 Å². The van der Waals surface area contributed by atoms with Gasteiger partial charge >= 0.3 is 6.09 Å². The highest BCUT2D eigenvalue weighted by molar-refractivity contribution is 5.72. The first-order valence-corrected chi connectivity index (χ1v) is 6.25. The number of amides is 1. The second-order valence-corrected chi connectivity index (χ2v) is 5.25. The van der Waals surface area contributed by atoms with Crippen LogP contribution in [-0.4, -0.2) is 23.2 Å². The van der Waals surface area contributed by atoms with Crippen LogP contribution in [0.15, 0.2) is 28.7 Å². The van der Waals surface area contributed by atoms with Crippen molar-refractivity contribution in [2.75, 3.05) is 6.54 Å². The van der Waals surface area contributed by atoms with Crippen molar-refractivity contribution in [2.45, 2.75) is 32.8 Å². The average molecular weight is 262 g/mol. The first-order chi connectivity index (χ1) is 8.94. The molecule has 1 N–H and O–H groups in total. The van der Waals surface area contributed by atoms with Crippen LogP contribution in [0.4, 0.5) is 4.79 Å². The first-order valence-electron chi connectivity index (χ1n) is 6.25. The summed E-state index contributed by atoms with van der Waals surface area (Å²) in [5.41, 5.74) is 1.10. The Kier molecular flexibility index (Phi) is 3.74. The molecule has 1 heterocycles. The maximum atomic E-state index is 11.4. The van der Waals surface area contributed by atoms with E-state index in [0.717, 1.165) is 11.1 Å². The number of nitrogens with zero attached hydrogens (tertiary/aromatic N) is 1. The molecule has 0 saturated carbocycles. The fraction of sp³-hybridized carbons (Fsp3) is 0.429. The lowest BCUT2D eigenvalue weighted by Crippen LogP contribution is -2.33. The Balaban J connectivity index is 1.84. The topological polar surface area (TPSA) is 64.4 Å². The first kappa shape index (κ1) is 13.4. The summed E-state index contributed by atoms with van der Waals surface area (Å²) in [6.45, 7) is 5.91. The second kappa shape index (κ2) is 5.30. The maximum Gasteiger partial charge on any atom is 0.407 e. The van der Waals surface area contributed by atoms with Gasteiger partial charge in [0.05, 0.1) is 0 Å². The molecule has 0 fully saturated rings. The minimum atomic E-state index is -0.484. The molecule has 0 unspecified atom stereocenters. The number of alkyl carbamates (subject to hydrolysis) is 1. The molecule has 1 aromatic carbocycles. The van der Waals surface area contributed by atoms with Crippen LogP contribution in [0.1, 0.15) is 26.7 Å². The molecule has 5 heteroatoms. The molecular weight excluding hydrogens is 244 g/mol. The van der Waals surface area contributed by atoms with E-state index in [1.165, 1.54) is 0 Å². The summed E-state index contributed by atoms with van der Waals surface area (Å²) in [7, 11) is 0. The lowest BCUT2D eigenvalue weighted by Gasteiger charge is -2.19. The van der Waals surface area contributed by atoms with Crippen LogP contribution >= 0.6 is 0 Å². The number of rotatable bonds is 3. The Morgan fingerprint density at radius 1 is 1.37 bits per heavy atom. The molecule has 0 aliphatic carbocycles. The fourth-order valence-electron chi connectivity index (χ4n) is 1.61. The molecule has 102 valence electrons. The van der Waals surface area contributed by atoms with E-state index in [2.05, 4.69) is 10.3 Å². The zero-order chi connectivity index (χ0) is 13.9. The number of carbonyl (C=O) groups excluding carboxylic acids is 1. The molecule has 0 radical (unpaired) electrons. The summed E-state index contributed by atoms with van der Waals surface area (Å²) in [5, 5.41) is 2.67. The molecule has 0 atom stereocenters. The maximum absolute atomic E-state index is 11.4. The van der Waals surface area contributed by atoms with Crippen molar-refractivity contribution >= 4 is 17.2 Å². The highest BCUT2D eigenvalue weighted by Crippen LogP contribution is 2.14. The number of fused-ring (bicyclic) bond motifs is 1. The van der Waals surface area contributed by atoms with Gasteiger partial charge in [0, 0.05) is 13.0 Å². The van der Waals surface area contributed by atoms with Gasteiger partial charge in [0.2, 0.25) is 0 Å². The predicted molar refractivity (Wildman–Crippen MR) is 71.9 cm³/mol. The quantitative estimate of drug-likeness (QED) is 0.923. The molecule has 1 aromatic heterocycles. The minimum Gasteiger partial charge on any atom is -0.444 e. The number of hydrogen-bond donors (Lipinski definition) is 1. The molecular formula is C14H18N2O3. The smallest absolute Gasteiger partial charge is 0.407 e. The van der Waals surface area contributed by atoms with Gasteiger partial charge in [-0.15, -0.1) is 0 Å². The molecule has 19 heavy (non-hydrogen) atoms. The van der Waals surface area contributed by atoms with Gasteiger partial charge in [-0.1, -0.05) is 12.1 Å². The molecule has 2 aromatic rings. The van der Waals surface area contributed by atoms with Crippen molar-refractivity contribution in [3.05, 3.63) is 30.2 Å².